The van der Waals surface area contributed by atoms with Crippen molar-refractivity contribution in [3.8, 4) is 5.75 Å². The number of hydrogen-bond donors (Lipinski definition) is 1. The highest BCUT2D eigenvalue weighted by Gasteiger charge is 2.49. The van der Waals surface area contributed by atoms with Crippen molar-refractivity contribution in [2.45, 2.75) is 39.7 Å². The molecule has 1 aliphatic carbocycles. The zero-order chi connectivity index (χ0) is 15.8. The van der Waals surface area contributed by atoms with E-state index in [1.807, 2.05) is 13.8 Å². The van der Waals surface area contributed by atoms with Gasteiger partial charge in [-0.3, -0.25) is 9.59 Å². The zero-order valence-corrected chi connectivity index (χ0v) is 12.8. The minimum Gasteiger partial charge on any atom is -0.427 e. The Morgan fingerprint density at radius 1 is 1.33 bits per heavy atom. The molecule has 112 valence electrons. The van der Waals surface area contributed by atoms with Gasteiger partial charge in [-0.1, -0.05) is 26.0 Å². The van der Waals surface area contributed by atoms with Crippen molar-refractivity contribution in [1.82, 2.24) is 0 Å². The van der Waals surface area contributed by atoms with Gasteiger partial charge in [-0.05, 0) is 36.3 Å². The quantitative estimate of drug-likeness (QED) is 0.671. The molecule has 1 unspecified atom stereocenters. The fourth-order valence-electron chi connectivity index (χ4n) is 3.06. The summed E-state index contributed by atoms with van der Waals surface area (Å²) in [6, 6.07) is 6.82. The predicted molar refractivity (Wildman–Crippen MR) is 78.8 cm³/mol. The van der Waals surface area contributed by atoms with E-state index in [0.29, 0.717) is 16.9 Å². The first-order valence-electron chi connectivity index (χ1n) is 6.90. The molecule has 0 spiro atoms. The maximum atomic E-state index is 11.8. The van der Waals surface area contributed by atoms with Crippen LogP contribution in [-0.2, 0) is 15.2 Å². The van der Waals surface area contributed by atoms with Gasteiger partial charge in [-0.25, -0.2) is 0 Å². The molecule has 0 radical (unpaired) electrons. The van der Waals surface area contributed by atoms with Crippen molar-refractivity contribution < 1.29 is 19.4 Å². The van der Waals surface area contributed by atoms with Crippen LogP contribution in [0.15, 0.2) is 35.9 Å². The van der Waals surface area contributed by atoms with Crippen molar-refractivity contribution in [2.75, 3.05) is 0 Å². The molecule has 1 aromatic rings. The molecule has 0 saturated heterocycles. The number of ketones is 1. The lowest BCUT2D eigenvalue weighted by Crippen LogP contribution is -2.47. The number of carbonyl (C=O) groups is 2. The molecule has 0 fully saturated rings. The smallest absolute Gasteiger partial charge is 0.308 e. The molecule has 0 bridgehead atoms. The molecule has 1 aliphatic rings. The van der Waals surface area contributed by atoms with Gasteiger partial charge in [0.25, 0.3) is 0 Å². The van der Waals surface area contributed by atoms with E-state index >= 15 is 0 Å². The Morgan fingerprint density at radius 2 is 2.00 bits per heavy atom. The van der Waals surface area contributed by atoms with E-state index in [4.69, 9.17) is 4.74 Å². The summed E-state index contributed by atoms with van der Waals surface area (Å²) in [5.41, 5.74) is -0.689. The van der Waals surface area contributed by atoms with Crippen molar-refractivity contribution in [3.63, 3.8) is 0 Å². The monoisotopic (exact) mass is 288 g/mol. The molecule has 0 aromatic heterocycles. The number of allylic oxidation sites excluding steroid dienone is 1. The summed E-state index contributed by atoms with van der Waals surface area (Å²) in [6.45, 7) is 6.80. The SMILES string of the molecule is CC(=O)Oc1cccc(C2(O)C(C)=CC(=O)CC2(C)C)c1. The van der Waals surface area contributed by atoms with Gasteiger partial charge in [-0.2, -0.15) is 0 Å². The Balaban J connectivity index is 2.55. The maximum Gasteiger partial charge on any atom is 0.308 e. The van der Waals surface area contributed by atoms with E-state index < -0.39 is 17.0 Å². The zero-order valence-electron chi connectivity index (χ0n) is 12.8. The van der Waals surface area contributed by atoms with Crippen molar-refractivity contribution in [3.05, 3.63) is 41.5 Å². The third kappa shape index (κ3) is 2.63. The number of benzene rings is 1. The third-order valence-electron chi connectivity index (χ3n) is 4.06. The standard InChI is InChI=1S/C17H20O4/c1-11-8-14(19)10-16(3,4)17(11,20)13-6-5-7-15(9-13)21-12(2)18/h5-9,20H,10H2,1-4H3. The van der Waals surface area contributed by atoms with E-state index in [1.54, 1.807) is 31.2 Å². The number of carbonyl (C=O) groups excluding carboxylic acids is 2. The largest absolute Gasteiger partial charge is 0.427 e. The number of aliphatic hydroxyl groups is 1. The molecular formula is C17H20O4. The van der Waals surface area contributed by atoms with Gasteiger partial charge in [0.15, 0.2) is 5.78 Å². The predicted octanol–water partition coefficient (Wildman–Crippen LogP) is 2.74. The number of hydrogen-bond acceptors (Lipinski definition) is 4. The lowest BCUT2D eigenvalue weighted by molar-refractivity contribution is -0.131. The number of esters is 1. The van der Waals surface area contributed by atoms with Crippen LogP contribution in [0.3, 0.4) is 0 Å². The molecule has 4 heteroatoms. The Kier molecular flexibility index (Phi) is 3.76. The molecule has 0 amide bonds. The van der Waals surface area contributed by atoms with E-state index in [-0.39, 0.29) is 12.2 Å². The average Bonchev–Trinajstić information content (AvgIpc) is 2.34. The third-order valence-corrected chi connectivity index (χ3v) is 4.06. The van der Waals surface area contributed by atoms with Crippen LogP contribution >= 0.6 is 0 Å². The summed E-state index contributed by atoms with van der Waals surface area (Å²) >= 11 is 0. The van der Waals surface area contributed by atoms with Crippen molar-refractivity contribution >= 4 is 11.8 Å². The summed E-state index contributed by atoms with van der Waals surface area (Å²) in [7, 11) is 0. The van der Waals surface area contributed by atoms with E-state index in [2.05, 4.69) is 0 Å². The second-order valence-electron chi connectivity index (χ2n) is 6.19. The molecule has 21 heavy (non-hydrogen) atoms. The van der Waals surface area contributed by atoms with Crippen LogP contribution in [-0.4, -0.2) is 16.9 Å². The minimum absolute atomic E-state index is 0.0123. The van der Waals surface area contributed by atoms with Crippen LogP contribution < -0.4 is 4.74 Å². The fourth-order valence-corrected chi connectivity index (χ4v) is 3.06. The number of ether oxygens (including phenoxy) is 1. The van der Waals surface area contributed by atoms with Crippen LogP contribution in [0.5, 0.6) is 5.75 Å². The number of rotatable bonds is 2. The lowest BCUT2D eigenvalue weighted by atomic mass is 9.62. The summed E-state index contributed by atoms with van der Waals surface area (Å²) in [5.74, 6) is -0.0169. The summed E-state index contributed by atoms with van der Waals surface area (Å²) in [4.78, 5) is 22.8. The molecule has 4 nitrogen and oxygen atoms in total. The van der Waals surface area contributed by atoms with E-state index in [1.165, 1.54) is 13.0 Å². The highest BCUT2D eigenvalue weighted by molar-refractivity contribution is 5.92. The van der Waals surface area contributed by atoms with Crippen molar-refractivity contribution in [2.24, 2.45) is 5.41 Å². The second kappa shape index (κ2) is 5.11. The fraction of sp³-hybridized carbons (Fsp3) is 0.412. The molecule has 0 saturated carbocycles. The molecular weight excluding hydrogens is 268 g/mol. The highest BCUT2D eigenvalue weighted by Crippen LogP contribution is 2.50. The van der Waals surface area contributed by atoms with Crippen LogP contribution in [0.25, 0.3) is 0 Å². The van der Waals surface area contributed by atoms with Crippen molar-refractivity contribution in [1.29, 1.82) is 0 Å². The van der Waals surface area contributed by atoms with E-state index in [9.17, 15) is 14.7 Å². The van der Waals surface area contributed by atoms with Gasteiger partial charge in [-0.15, -0.1) is 0 Å². The minimum atomic E-state index is -1.27. The Labute approximate surface area is 124 Å². The Morgan fingerprint density at radius 3 is 2.57 bits per heavy atom. The second-order valence-corrected chi connectivity index (χ2v) is 6.19. The van der Waals surface area contributed by atoms with E-state index in [0.717, 1.165) is 0 Å². The topological polar surface area (TPSA) is 63.6 Å². The summed E-state index contributed by atoms with van der Waals surface area (Å²) in [6.07, 6.45) is 1.75. The normalized spacial score (nSPS) is 24.4. The van der Waals surface area contributed by atoms with Gasteiger partial charge >= 0.3 is 5.97 Å². The Bertz CT molecular complexity index is 627. The lowest BCUT2D eigenvalue weighted by Gasteiger charge is -2.46. The average molecular weight is 288 g/mol. The van der Waals surface area contributed by atoms with Gasteiger partial charge in [0.1, 0.15) is 11.4 Å². The molecule has 2 rings (SSSR count). The first-order chi connectivity index (χ1) is 9.66. The molecule has 1 N–H and O–H groups in total. The van der Waals surface area contributed by atoms with Crippen LogP contribution in [0, 0.1) is 5.41 Å². The first-order valence-corrected chi connectivity index (χ1v) is 6.90. The van der Waals surface area contributed by atoms with Gasteiger partial charge in [0.05, 0.1) is 0 Å². The van der Waals surface area contributed by atoms with Crippen LogP contribution in [0.4, 0.5) is 0 Å². The molecule has 1 atom stereocenters. The Hall–Kier alpha value is -1.94. The molecule has 0 heterocycles. The maximum absolute atomic E-state index is 11.8. The molecule has 0 aliphatic heterocycles. The van der Waals surface area contributed by atoms with Gasteiger partial charge in [0.2, 0.25) is 0 Å². The van der Waals surface area contributed by atoms with Crippen LogP contribution in [0.2, 0.25) is 0 Å². The van der Waals surface area contributed by atoms with Gasteiger partial charge in [0, 0.05) is 18.8 Å². The molecule has 1 aromatic carbocycles. The van der Waals surface area contributed by atoms with Crippen LogP contribution in [0.1, 0.15) is 39.7 Å². The highest BCUT2D eigenvalue weighted by atomic mass is 16.5. The van der Waals surface area contributed by atoms with Gasteiger partial charge < -0.3 is 9.84 Å². The summed E-state index contributed by atoms with van der Waals surface area (Å²) in [5, 5.41) is 11.3. The summed E-state index contributed by atoms with van der Waals surface area (Å²) < 4.78 is 5.08. The first kappa shape index (κ1) is 15.4.